The highest BCUT2D eigenvalue weighted by atomic mass is 35.5. The SMILES string of the molecule is CCNCc1sc(-c2ccc(Cl)cc2OC)nc1C1CC1. The number of nitrogens with zero attached hydrogens (tertiary/aromatic N) is 1. The molecule has 2 aromatic rings. The first-order valence-corrected chi connectivity index (χ1v) is 8.46. The number of methoxy groups -OCH3 is 1. The van der Waals surface area contributed by atoms with E-state index in [2.05, 4.69) is 12.2 Å². The van der Waals surface area contributed by atoms with E-state index in [1.165, 1.54) is 23.4 Å². The van der Waals surface area contributed by atoms with E-state index < -0.39 is 0 Å². The lowest BCUT2D eigenvalue weighted by molar-refractivity contribution is 0.416. The zero-order valence-corrected chi connectivity index (χ0v) is 13.9. The van der Waals surface area contributed by atoms with Crippen LogP contribution in [0.25, 0.3) is 10.6 Å². The second kappa shape index (κ2) is 6.34. The smallest absolute Gasteiger partial charge is 0.130 e. The first kappa shape index (κ1) is 14.8. The van der Waals surface area contributed by atoms with Crippen molar-refractivity contribution in [3.8, 4) is 16.3 Å². The number of halogens is 1. The van der Waals surface area contributed by atoms with Gasteiger partial charge in [0, 0.05) is 22.4 Å². The van der Waals surface area contributed by atoms with Crippen molar-refractivity contribution in [2.24, 2.45) is 0 Å². The molecule has 1 heterocycles. The minimum Gasteiger partial charge on any atom is -0.496 e. The molecule has 0 spiro atoms. The summed E-state index contributed by atoms with van der Waals surface area (Å²) in [5.74, 6) is 1.44. The van der Waals surface area contributed by atoms with E-state index in [9.17, 15) is 0 Å². The summed E-state index contributed by atoms with van der Waals surface area (Å²) >= 11 is 7.80. The predicted octanol–water partition coefficient (Wildman–Crippen LogP) is 4.46. The van der Waals surface area contributed by atoms with Gasteiger partial charge in [0.1, 0.15) is 10.8 Å². The average Bonchev–Trinajstić information content (AvgIpc) is 3.25. The maximum absolute atomic E-state index is 6.04. The summed E-state index contributed by atoms with van der Waals surface area (Å²) in [6.45, 7) is 4.00. The van der Waals surface area contributed by atoms with Gasteiger partial charge in [-0.25, -0.2) is 4.98 Å². The molecule has 1 saturated carbocycles. The molecule has 3 nitrogen and oxygen atoms in total. The zero-order chi connectivity index (χ0) is 14.8. The van der Waals surface area contributed by atoms with Crippen LogP contribution in [0.15, 0.2) is 18.2 Å². The van der Waals surface area contributed by atoms with E-state index in [0.717, 1.165) is 29.4 Å². The van der Waals surface area contributed by atoms with Gasteiger partial charge in [0.15, 0.2) is 0 Å². The lowest BCUT2D eigenvalue weighted by Crippen LogP contribution is -2.11. The van der Waals surface area contributed by atoms with Gasteiger partial charge in [0.05, 0.1) is 18.4 Å². The third-order valence-corrected chi connectivity index (χ3v) is 4.96. The largest absolute Gasteiger partial charge is 0.496 e. The van der Waals surface area contributed by atoms with Crippen molar-refractivity contribution < 1.29 is 4.74 Å². The summed E-state index contributed by atoms with van der Waals surface area (Å²) in [6, 6.07) is 5.73. The molecule has 1 aromatic heterocycles. The van der Waals surface area contributed by atoms with E-state index in [4.69, 9.17) is 21.3 Å². The highest BCUT2D eigenvalue weighted by molar-refractivity contribution is 7.15. The van der Waals surface area contributed by atoms with Crippen molar-refractivity contribution in [1.82, 2.24) is 10.3 Å². The topological polar surface area (TPSA) is 34.1 Å². The molecule has 1 aliphatic carbocycles. The molecule has 3 rings (SSSR count). The predicted molar refractivity (Wildman–Crippen MR) is 88.5 cm³/mol. The van der Waals surface area contributed by atoms with Crippen molar-refractivity contribution in [2.75, 3.05) is 13.7 Å². The van der Waals surface area contributed by atoms with Crippen LogP contribution in [0.3, 0.4) is 0 Å². The second-order valence-electron chi connectivity index (χ2n) is 5.23. The molecular weight excluding hydrogens is 304 g/mol. The van der Waals surface area contributed by atoms with Gasteiger partial charge in [-0.2, -0.15) is 0 Å². The first-order valence-electron chi connectivity index (χ1n) is 7.27. The number of rotatable bonds is 6. The van der Waals surface area contributed by atoms with Crippen molar-refractivity contribution in [3.63, 3.8) is 0 Å². The second-order valence-corrected chi connectivity index (χ2v) is 6.75. The molecule has 0 radical (unpaired) electrons. The van der Waals surface area contributed by atoms with Gasteiger partial charge in [0.2, 0.25) is 0 Å². The Labute approximate surface area is 134 Å². The minimum atomic E-state index is 0.655. The number of aromatic nitrogens is 1. The molecule has 21 heavy (non-hydrogen) atoms. The standard InChI is InChI=1S/C16H19ClN2OS/c1-3-18-9-14-15(10-4-5-10)19-16(21-14)12-7-6-11(17)8-13(12)20-2/h6-8,10,18H,3-5,9H2,1-2H3. The van der Waals surface area contributed by atoms with Crippen LogP contribution in [0.2, 0.25) is 5.02 Å². The summed E-state index contributed by atoms with van der Waals surface area (Å²) in [5.41, 5.74) is 2.30. The molecule has 1 fully saturated rings. The van der Waals surface area contributed by atoms with Crippen LogP contribution >= 0.6 is 22.9 Å². The maximum Gasteiger partial charge on any atom is 0.130 e. The highest BCUT2D eigenvalue weighted by Gasteiger charge is 2.30. The number of thiazole rings is 1. The fourth-order valence-electron chi connectivity index (χ4n) is 2.36. The average molecular weight is 323 g/mol. The van der Waals surface area contributed by atoms with Crippen LogP contribution < -0.4 is 10.1 Å². The molecule has 0 atom stereocenters. The van der Waals surface area contributed by atoms with E-state index >= 15 is 0 Å². The van der Waals surface area contributed by atoms with Gasteiger partial charge >= 0.3 is 0 Å². The monoisotopic (exact) mass is 322 g/mol. The van der Waals surface area contributed by atoms with Gasteiger partial charge < -0.3 is 10.1 Å². The van der Waals surface area contributed by atoms with Crippen LogP contribution in [0.1, 0.15) is 36.3 Å². The molecule has 1 N–H and O–H groups in total. The number of nitrogens with one attached hydrogen (secondary N) is 1. The van der Waals surface area contributed by atoms with Gasteiger partial charge in [-0.15, -0.1) is 11.3 Å². The van der Waals surface area contributed by atoms with Gasteiger partial charge in [-0.3, -0.25) is 0 Å². The fourth-order valence-corrected chi connectivity index (χ4v) is 3.67. The Morgan fingerprint density at radius 3 is 2.90 bits per heavy atom. The van der Waals surface area contributed by atoms with Crippen molar-refractivity contribution >= 4 is 22.9 Å². The Bertz CT molecular complexity index is 637. The van der Waals surface area contributed by atoms with Crippen LogP contribution in [0, 0.1) is 0 Å². The van der Waals surface area contributed by atoms with Gasteiger partial charge in [-0.05, 0) is 37.6 Å². The molecule has 0 amide bonds. The molecule has 0 saturated heterocycles. The molecule has 112 valence electrons. The highest BCUT2D eigenvalue weighted by Crippen LogP contribution is 2.45. The molecule has 0 bridgehead atoms. The van der Waals surface area contributed by atoms with E-state index in [1.807, 2.05) is 18.2 Å². The Kier molecular flexibility index (Phi) is 4.48. The number of hydrogen-bond donors (Lipinski definition) is 1. The van der Waals surface area contributed by atoms with Gasteiger partial charge in [-0.1, -0.05) is 18.5 Å². The Hall–Kier alpha value is -1.10. The van der Waals surface area contributed by atoms with Crippen LogP contribution in [0.5, 0.6) is 5.75 Å². The lowest BCUT2D eigenvalue weighted by atomic mass is 10.2. The van der Waals surface area contributed by atoms with E-state index in [1.54, 1.807) is 18.4 Å². The summed E-state index contributed by atoms with van der Waals surface area (Å²) in [7, 11) is 1.67. The first-order chi connectivity index (χ1) is 10.2. The minimum absolute atomic E-state index is 0.655. The zero-order valence-electron chi connectivity index (χ0n) is 12.3. The van der Waals surface area contributed by atoms with E-state index in [-0.39, 0.29) is 0 Å². The quantitative estimate of drug-likeness (QED) is 0.852. The molecule has 5 heteroatoms. The summed E-state index contributed by atoms with van der Waals surface area (Å²) in [5, 5.41) is 5.12. The summed E-state index contributed by atoms with van der Waals surface area (Å²) in [4.78, 5) is 6.24. The third-order valence-electron chi connectivity index (χ3n) is 3.62. The molecular formula is C16H19ClN2OS. The molecule has 1 aromatic carbocycles. The number of ether oxygens (including phenoxy) is 1. The fraction of sp³-hybridized carbons (Fsp3) is 0.438. The van der Waals surface area contributed by atoms with Crippen LogP contribution in [-0.2, 0) is 6.54 Å². The van der Waals surface area contributed by atoms with Crippen molar-refractivity contribution in [3.05, 3.63) is 33.8 Å². The number of benzene rings is 1. The van der Waals surface area contributed by atoms with Crippen LogP contribution in [0.4, 0.5) is 0 Å². The summed E-state index contributed by atoms with van der Waals surface area (Å²) in [6.07, 6.45) is 2.53. The Morgan fingerprint density at radius 1 is 1.43 bits per heavy atom. The van der Waals surface area contributed by atoms with Crippen molar-refractivity contribution in [2.45, 2.75) is 32.2 Å². The van der Waals surface area contributed by atoms with E-state index in [0.29, 0.717) is 10.9 Å². The normalized spacial score (nSPS) is 14.4. The summed E-state index contributed by atoms with van der Waals surface area (Å²) < 4.78 is 5.45. The van der Waals surface area contributed by atoms with Crippen molar-refractivity contribution in [1.29, 1.82) is 0 Å². The molecule has 0 unspecified atom stereocenters. The molecule has 1 aliphatic rings. The maximum atomic E-state index is 6.04. The molecule has 0 aliphatic heterocycles. The van der Waals surface area contributed by atoms with Gasteiger partial charge in [0.25, 0.3) is 0 Å². The Balaban J connectivity index is 1.98. The van der Waals surface area contributed by atoms with Crippen LogP contribution in [-0.4, -0.2) is 18.6 Å². The number of hydrogen-bond acceptors (Lipinski definition) is 4. The lowest BCUT2D eigenvalue weighted by Gasteiger charge is -2.05. The Morgan fingerprint density at radius 2 is 2.24 bits per heavy atom. The third kappa shape index (κ3) is 3.23.